The molecule has 9 heteroatoms. The molecule has 0 fully saturated rings. The number of nitrogens with one attached hydrogen (secondary N) is 2. The summed E-state index contributed by atoms with van der Waals surface area (Å²) in [6.45, 7) is 0.0503. The molecule has 0 spiro atoms. The van der Waals surface area contributed by atoms with Crippen molar-refractivity contribution in [3.63, 3.8) is 0 Å². The Labute approximate surface area is 202 Å². The molecule has 9 nitrogen and oxygen atoms in total. The molecule has 4 rings (SSSR count). The largest absolute Gasteiger partial charge is 0.481 e. The lowest BCUT2D eigenvalue weighted by atomic mass is 9.98. The Morgan fingerprint density at radius 1 is 1.03 bits per heavy atom. The predicted octanol–water partition coefficient (Wildman–Crippen LogP) is 3.47. The Morgan fingerprint density at radius 2 is 1.66 bits per heavy atom. The number of aliphatic carboxylic acids is 1. The van der Waals surface area contributed by atoms with E-state index in [1.54, 1.807) is 31.3 Å². The van der Waals surface area contributed by atoms with Gasteiger partial charge in [0.1, 0.15) is 12.6 Å². The lowest BCUT2D eigenvalue weighted by molar-refractivity contribution is -0.139. The van der Waals surface area contributed by atoms with E-state index in [4.69, 9.17) is 4.74 Å². The predicted molar refractivity (Wildman–Crippen MR) is 131 cm³/mol. The quantitative estimate of drug-likeness (QED) is 0.457. The number of ether oxygens (including phenoxy) is 1. The number of pyridine rings is 1. The zero-order chi connectivity index (χ0) is 24.9. The van der Waals surface area contributed by atoms with Gasteiger partial charge in [-0.15, -0.1) is 0 Å². The summed E-state index contributed by atoms with van der Waals surface area (Å²) in [6, 6.07) is 16.2. The van der Waals surface area contributed by atoms with E-state index in [0.717, 1.165) is 22.3 Å². The van der Waals surface area contributed by atoms with Gasteiger partial charge in [-0.05, 0) is 28.3 Å². The highest BCUT2D eigenvalue weighted by molar-refractivity contribution is 6.00. The molecule has 1 aromatic heterocycles. The number of carbonyl (C=O) groups excluding carboxylic acids is 2. The zero-order valence-electron chi connectivity index (χ0n) is 19.4. The number of aromatic nitrogens is 1. The van der Waals surface area contributed by atoms with Gasteiger partial charge in [-0.3, -0.25) is 14.6 Å². The van der Waals surface area contributed by atoms with Crippen molar-refractivity contribution in [2.75, 3.05) is 30.9 Å². The fourth-order valence-electron chi connectivity index (χ4n) is 4.26. The van der Waals surface area contributed by atoms with Crippen LogP contribution in [0.25, 0.3) is 11.1 Å². The monoisotopic (exact) mass is 474 g/mol. The van der Waals surface area contributed by atoms with Crippen molar-refractivity contribution in [3.05, 3.63) is 78.1 Å². The Hall–Kier alpha value is -4.40. The summed E-state index contributed by atoms with van der Waals surface area (Å²) < 4.78 is 5.47. The normalized spacial score (nSPS) is 12.7. The van der Waals surface area contributed by atoms with Gasteiger partial charge in [-0.25, -0.2) is 4.79 Å². The van der Waals surface area contributed by atoms with Crippen LogP contribution in [0.3, 0.4) is 0 Å². The molecule has 1 unspecified atom stereocenters. The highest BCUT2D eigenvalue weighted by atomic mass is 16.5. The second-order valence-corrected chi connectivity index (χ2v) is 8.40. The number of benzene rings is 2. The van der Waals surface area contributed by atoms with Crippen LogP contribution in [0.5, 0.6) is 0 Å². The number of hydrogen-bond acceptors (Lipinski definition) is 6. The van der Waals surface area contributed by atoms with Crippen molar-refractivity contribution in [3.8, 4) is 11.1 Å². The molecular weight excluding hydrogens is 448 g/mol. The van der Waals surface area contributed by atoms with Crippen LogP contribution in [0.4, 0.5) is 16.2 Å². The molecule has 3 aromatic rings. The van der Waals surface area contributed by atoms with Gasteiger partial charge in [0.2, 0.25) is 5.91 Å². The first-order chi connectivity index (χ1) is 16.8. The lowest BCUT2D eigenvalue weighted by Gasteiger charge is -2.21. The lowest BCUT2D eigenvalue weighted by Crippen LogP contribution is -2.45. The highest BCUT2D eigenvalue weighted by Gasteiger charge is 2.30. The zero-order valence-corrected chi connectivity index (χ0v) is 19.4. The molecule has 2 amide bonds. The van der Waals surface area contributed by atoms with Gasteiger partial charge in [-0.2, -0.15) is 0 Å². The minimum absolute atomic E-state index is 0.0503. The minimum atomic E-state index is -1.33. The van der Waals surface area contributed by atoms with Crippen molar-refractivity contribution < 1.29 is 24.2 Å². The van der Waals surface area contributed by atoms with Crippen molar-refractivity contribution in [2.24, 2.45) is 0 Å². The fourth-order valence-corrected chi connectivity index (χ4v) is 4.26. The minimum Gasteiger partial charge on any atom is -0.481 e. The van der Waals surface area contributed by atoms with E-state index >= 15 is 0 Å². The molecule has 35 heavy (non-hydrogen) atoms. The standard InChI is InChI=1S/C26H26N4O5/c1-30(2)23-11-12-27-14-22(23)28-25(33)21(13-24(31)32)29-26(34)35-15-20-18-9-5-3-7-16(18)17-8-4-6-10-19(17)20/h3-12,14,20-21H,13,15H2,1-2H3,(H,28,33)(H,29,34)(H,31,32). The number of carbonyl (C=O) groups is 3. The number of fused-ring (bicyclic) bond motifs is 3. The van der Waals surface area contributed by atoms with Crippen LogP contribution in [0.1, 0.15) is 23.5 Å². The molecule has 0 bridgehead atoms. The van der Waals surface area contributed by atoms with E-state index in [2.05, 4.69) is 15.6 Å². The summed E-state index contributed by atoms with van der Waals surface area (Å²) in [5.41, 5.74) is 5.36. The Balaban J connectivity index is 1.44. The summed E-state index contributed by atoms with van der Waals surface area (Å²) in [6.07, 6.45) is 1.56. The van der Waals surface area contributed by atoms with E-state index < -0.39 is 30.4 Å². The highest BCUT2D eigenvalue weighted by Crippen LogP contribution is 2.44. The van der Waals surface area contributed by atoms with Crippen LogP contribution in [0.2, 0.25) is 0 Å². The van der Waals surface area contributed by atoms with Gasteiger partial charge in [-0.1, -0.05) is 48.5 Å². The summed E-state index contributed by atoms with van der Waals surface area (Å²) >= 11 is 0. The second kappa shape index (κ2) is 10.3. The number of hydrogen-bond donors (Lipinski definition) is 3. The third-order valence-electron chi connectivity index (χ3n) is 5.87. The first kappa shape index (κ1) is 23.7. The molecule has 2 aromatic carbocycles. The summed E-state index contributed by atoms with van der Waals surface area (Å²) in [5, 5.41) is 14.3. The second-order valence-electron chi connectivity index (χ2n) is 8.40. The molecule has 0 saturated carbocycles. The smallest absolute Gasteiger partial charge is 0.407 e. The molecule has 0 saturated heterocycles. The molecule has 1 heterocycles. The third-order valence-corrected chi connectivity index (χ3v) is 5.87. The molecular formula is C26H26N4O5. The summed E-state index contributed by atoms with van der Waals surface area (Å²) in [4.78, 5) is 42.6. The summed E-state index contributed by atoms with van der Waals surface area (Å²) in [7, 11) is 3.60. The molecule has 0 aliphatic heterocycles. The Kier molecular flexibility index (Phi) is 6.96. The molecule has 3 N–H and O–H groups in total. The molecule has 1 atom stereocenters. The average molecular weight is 475 g/mol. The first-order valence-electron chi connectivity index (χ1n) is 11.1. The number of anilines is 2. The number of rotatable bonds is 8. The van der Waals surface area contributed by atoms with Crippen LogP contribution >= 0.6 is 0 Å². The molecule has 0 radical (unpaired) electrons. The maximum Gasteiger partial charge on any atom is 0.407 e. The van der Waals surface area contributed by atoms with Crippen LogP contribution in [0, 0.1) is 0 Å². The topological polar surface area (TPSA) is 121 Å². The third kappa shape index (κ3) is 5.24. The van der Waals surface area contributed by atoms with Crippen molar-refractivity contribution in [1.82, 2.24) is 10.3 Å². The number of carboxylic acid groups (broad SMARTS) is 1. The SMILES string of the molecule is CN(C)c1ccncc1NC(=O)C(CC(=O)O)NC(=O)OCC1c2ccccc2-c2ccccc21. The Morgan fingerprint density at radius 3 is 2.26 bits per heavy atom. The Bertz CT molecular complexity index is 1210. The molecule has 1 aliphatic carbocycles. The van der Waals surface area contributed by atoms with E-state index in [1.807, 2.05) is 48.5 Å². The van der Waals surface area contributed by atoms with E-state index in [9.17, 15) is 19.5 Å². The van der Waals surface area contributed by atoms with E-state index in [0.29, 0.717) is 11.4 Å². The number of nitrogens with zero attached hydrogens (tertiary/aromatic N) is 2. The molecule has 1 aliphatic rings. The summed E-state index contributed by atoms with van der Waals surface area (Å²) in [5.74, 6) is -2.07. The van der Waals surface area contributed by atoms with Gasteiger partial charge in [0, 0.05) is 26.2 Å². The van der Waals surface area contributed by atoms with Crippen LogP contribution < -0.4 is 15.5 Å². The van der Waals surface area contributed by atoms with E-state index in [1.165, 1.54) is 6.20 Å². The van der Waals surface area contributed by atoms with Crippen molar-refractivity contribution >= 4 is 29.3 Å². The van der Waals surface area contributed by atoms with Crippen molar-refractivity contribution in [2.45, 2.75) is 18.4 Å². The van der Waals surface area contributed by atoms with Gasteiger partial charge in [0.25, 0.3) is 0 Å². The van der Waals surface area contributed by atoms with Crippen LogP contribution in [-0.4, -0.2) is 54.8 Å². The average Bonchev–Trinajstić information content (AvgIpc) is 3.16. The number of amides is 2. The number of alkyl carbamates (subject to hydrolysis) is 1. The van der Waals surface area contributed by atoms with Gasteiger partial charge >= 0.3 is 12.1 Å². The van der Waals surface area contributed by atoms with Gasteiger partial charge in [0.15, 0.2) is 0 Å². The maximum absolute atomic E-state index is 12.9. The maximum atomic E-state index is 12.9. The van der Waals surface area contributed by atoms with Gasteiger partial charge < -0.3 is 25.4 Å². The van der Waals surface area contributed by atoms with Gasteiger partial charge in [0.05, 0.1) is 24.0 Å². The number of carboxylic acids is 1. The van der Waals surface area contributed by atoms with E-state index in [-0.39, 0.29) is 12.5 Å². The van der Waals surface area contributed by atoms with Crippen LogP contribution in [0.15, 0.2) is 67.0 Å². The molecule has 180 valence electrons. The van der Waals surface area contributed by atoms with Crippen LogP contribution in [-0.2, 0) is 14.3 Å². The first-order valence-corrected chi connectivity index (χ1v) is 11.1. The fraction of sp³-hybridized carbons (Fsp3) is 0.231. The van der Waals surface area contributed by atoms with Crippen molar-refractivity contribution in [1.29, 1.82) is 0 Å².